The largest absolute Gasteiger partial charge is 0.400 e. The Hall–Kier alpha value is -1.73. The van der Waals surface area contributed by atoms with Crippen LogP contribution in [0.25, 0.3) is 0 Å². The van der Waals surface area contributed by atoms with E-state index in [1.54, 1.807) is 31.4 Å². The quantitative estimate of drug-likeness (QED) is 0.442. The molecule has 2 saturated heterocycles. The maximum atomic E-state index is 12.3. The van der Waals surface area contributed by atoms with E-state index < -0.39 is 53.7 Å². The van der Waals surface area contributed by atoms with Gasteiger partial charge in [-0.25, -0.2) is 18.2 Å². The summed E-state index contributed by atoms with van der Waals surface area (Å²) in [6, 6.07) is -0.534. The Kier molecular flexibility index (Phi) is 4.48. The molecule has 11 nitrogen and oxygen atoms in total. The van der Waals surface area contributed by atoms with Crippen molar-refractivity contribution in [2.24, 2.45) is 4.99 Å². The van der Waals surface area contributed by atoms with E-state index in [0.717, 1.165) is 4.90 Å². The average Bonchev–Trinajstić information content (AvgIpc) is 2.98. The predicted molar refractivity (Wildman–Crippen MR) is 79.9 cm³/mol. The summed E-state index contributed by atoms with van der Waals surface area (Å²) in [5.41, 5.74) is 0. The normalized spacial score (nSPS) is 37.7. The van der Waals surface area contributed by atoms with E-state index in [-0.39, 0.29) is 0 Å². The fraction of sp³-hybridized carbons (Fsp3) is 0.667. The number of carbonyl (C=O) groups is 1. The third-order valence-electron chi connectivity index (χ3n) is 3.59. The first-order valence-corrected chi connectivity index (χ1v) is 8.49. The van der Waals surface area contributed by atoms with E-state index >= 15 is 0 Å². The first-order chi connectivity index (χ1) is 11.3. The van der Waals surface area contributed by atoms with Crippen molar-refractivity contribution < 1.29 is 31.4 Å². The summed E-state index contributed by atoms with van der Waals surface area (Å²) in [7, 11) is -0.579. The second-order valence-corrected chi connectivity index (χ2v) is 6.85. The molecule has 2 N–H and O–H groups in total. The molecule has 3 aliphatic heterocycles. The minimum atomic E-state index is -4.17. The monoisotopic (exact) mass is 362 g/mol. The van der Waals surface area contributed by atoms with Crippen molar-refractivity contribution in [2.75, 3.05) is 20.7 Å². The Labute approximate surface area is 138 Å². The van der Waals surface area contributed by atoms with Crippen LogP contribution in [0.5, 0.6) is 0 Å². The molecule has 0 spiro atoms. The van der Waals surface area contributed by atoms with Crippen LogP contribution in [0.1, 0.15) is 0 Å². The molecule has 0 radical (unpaired) electrons. The van der Waals surface area contributed by atoms with Gasteiger partial charge in [0.2, 0.25) is 0 Å². The van der Waals surface area contributed by atoms with Gasteiger partial charge in [-0.05, 0) is 6.08 Å². The Morgan fingerprint density at radius 1 is 1.42 bits per heavy atom. The van der Waals surface area contributed by atoms with Crippen molar-refractivity contribution in [2.45, 2.75) is 30.7 Å². The maximum absolute atomic E-state index is 12.3. The van der Waals surface area contributed by atoms with Gasteiger partial charge >= 0.3 is 16.4 Å². The van der Waals surface area contributed by atoms with Gasteiger partial charge in [0.1, 0.15) is 18.4 Å². The molecule has 134 valence electrons. The zero-order chi connectivity index (χ0) is 17.5. The van der Waals surface area contributed by atoms with Gasteiger partial charge < -0.3 is 20.1 Å². The number of rotatable bonds is 4. The van der Waals surface area contributed by atoms with Gasteiger partial charge in [0, 0.05) is 20.3 Å². The van der Waals surface area contributed by atoms with E-state index in [1.807, 2.05) is 0 Å². The molecule has 2 fully saturated rings. The lowest BCUT2D eigenvalue weighted by atomic mass is 10.1. The van der Waals surface area contributed by atoms with Gasteiger partial charge in [-0.15, -0.1) is 0 Å². The van der Waals surface area contributed by atoms with E-state index in [1.165, 1.54) is 6.20 Å². The molecule has 3 rings (SSSR count). The van der Waals surface area contributed by atoms with Gasteiger partial charge in [0.15, 0.2) is 12.3 Å². The second kappa shape index (κ2) is 6.29. The number of nitrogens with zero attached hydrogens (tertiary/aromatic N) is 3. The highest BCUT2D eigenvalue weighted by Gasteiger charge is 2.57. The first-order valence-electron chi connectivity index (χ1n) is 7.15. The second-order valence-electron chi connectivity index (χ2n) is 5.65. The molecule has 0 aromatic heterocycles. The molecule has 12 heteroatoms. The van der Waals surface area contributed by atoms with E-state index in [2.05, 4.69) is 10.3 Å². The zero-order valence-corrected chi connectivity index (χ0v) is 13.8. The summed E-state index contributed by atoms with van der Waals surface area (Å²) in [5, 5.41) is 11.9. The number of urea groups is 1. The van der Waals surface area contributed by atoms with Gasteiger partial charge in [-0.2, -0.15) is 8.42 Å². The average molecular weight is 362 g/mol. The lowest BCUT2D eigenvalue weighted by molar-refractivity contribution is -0.0679. The molecule has 24 heavy (non-hydrogen) atoms. The van der Waals surface area contributed by atoms with Crippen LogP contribution >= 0.6 is 0 Å². The number of ether oxygens (including phenoxy) is 1. The smallest absolute Gasteiger partial charge is 0.394 e. The molecule has 1 unspecified atom stereocenters. The van der Waals surface area contributed by atoms with Crippen molar-refractivity contribution in [1.82, 2.24) is 15.1 Å². The number of aliphatic hydroxyl groups excluding tert-OH is 1. The predicted octanol–water partition coefficient (Wildman–Crippen LogP) is -1.81. The van der Waals surface area contributed by atoms with Crippen molar-refractivity contribution in [1.29, 1.82) is 0 Å². The standard InChI is InChI=1S/C12H18N4O7S/c1-15(2)6-13-8-3-4-16(12(18)14-8)11-10-9(7(5-17)21-11)22-24(19,20)23-10/h3-4,6-11,17H,5H2,1-2H3,(H,14,18)/b13-6-/t7-,8?,9-,10-,11-/m1/s1. The van der Waals surface area contributed by atoms with Crippen molar-refractivity contribution >= 4 is 22.8 Å². The van der Waals surface area contributed by atoms with Crippen LogP contribution in [0.15, 0.2) is 17.3 Å². The van der Waals surface area contributed by atoms with Gasteiger partial charge in [0.25, 0.3) is 0 Å². The van der Waals surface area contributed by atoms with E-state index in [4.69, 9.17) is 13.1 Å². The Balaban J connectivity index is 1.77. The molecule has 0 bridgehead atoms. The SMILES string of the molecule is CN(C)/C=N\C1C=CN([C@@H]2O[C@H](CO)[C@H]3OS(=O)(=O)O[C@H]32)C(=O)N1. The molecular formula is C12H18N4O7S. The molecule has 5 atom stereocenters. The summed E-state index contributed by atoms with van der Waals surface area (Å²) >= 11 is 0. The van der Waals surface area contributed by atoms with Crippen molar-refractivity contribution in [3.8, 4) is 0 Å². The van der Waals surface area contributed by atoms with Gasteiger partial charge in [-0.3, -0.25) is 4.90 Å². The third kappa shape index (κ3) is 3.23. The highest BCUT2D eigenvalue weighted by molar-refractivity contribution is 7.82. The van der Waals surface area contributed by atoms with Crippen LogP contribution in [0.3, 0.4) is 0 Å². The van der Waals surface area contributed by atoms with Crippen LogP contribution in [-0.2, 0) is 23.5 Å². The molecular weight excluding hydrogens is 344 g/mol. The number of hydrogen-bond donors (Lipinski definition) is 2. The number of carbonyl (C=O) groups excluding carboxylic acids is 1. The van der Waals surface area contributed by atoms with Crippen LogP contribution in [0.2, 0.25) is 0 Å². The lowest BCUT2D eigenvalue weighted by Gasteiger charge is -2.31. The Morgan fingerprint density at radius 3 is 2.75 bits per heavy atom. The van der Waals surface area contributed by atoms with Crippen LogP contribution < -0.4 is 5.32 Å². The third-order valence-corrected chi connectivity index (χ3v) is 4.51. The highest BCUT2D eigenvalue weighted by Crippen LogP contribution is 2.36. The molecule has 0 aromatic carbocycles. The number of fused-ring (bicyclic) bond motifs is 1. The minimum absolute atomic E-state index is 0.467. The van der Waals surface area contributed by atoms with Crippen molar-refractivity contribution in [3.63, 3.8) is 0 Å². The fourth-order valence-electron chi connectivity index (χ4n) is 2.58. The minimum Gasteiger partial charge on any atom is -0.394 e. The summed E-state index contributed by atoms with van der Waals surface area (Å²) < 4.78 is 38.1. The molecule has 0 aromatic rings. The van der Waals surface area contributed by atoms with Gasteiger partial charge in [-0.1, -0.05) is 0 Å². The van der Waals surface area contributed by atoms with E-state index in [0.29, 0.717) is 0 Å². The first kappa shape index (κ1) is 17.1. The number of hydrogen-bond acceptors (Lipinski definition) is 8. The summed E-state index contributed by atoms with van der Waals surface area (Å²) in [4.78, 5) is 19.3. The molecule has 0 saturated carbocycles. The molecule has 2 amide bonds. The molecule has 0 aliphatic carbocycles. The number of aliphatic imine (C=N–C) groups is 1. The zero-order valence-electron chi connectivity index (χ0n) is 13.0. The summed E-state index contributed by atoms with van der Waals surface area (Å²) in [5.74, 6) is 0. The number of aliphatic hydroxyl groups is 1. The topological polar surface area (TPSA) is 130 Å². The van der Waals surface area contributed by atoms with Crippen LogP contribution in [0, 0.1) is 0 Å². The number of nitrogens with one attached hydrogen (secondary N) is 1. The van der Waals surface area contributed by atoms with Crippen LogP contribution in [-0.4, -0.2) is 87.1 Å². The summed E-state index contributed by atoms with van der Waals surface area (Å²) in [6.07, 6.45) is 0.0340. The maximum Gasteiger partial charge on any atom is 0.400 e. The summed E-state index contributed by atoms with van der Waals surface area (Å²) in [6.45, 7) is -0.467. The van der Waals surface area contributed by atoms with E-state index in [9.17, 15) is 18.3 Å². The van der Waals surface area contributed by atoms with Crippen LogP contribution in [0.4, 0.5) is 4.79 Å². The highest BCUT2D eigenvalue weighted by atomic mass is 32.3. The lowest BCUT2D eigenvalue weighted by Crippen LogP contribution is -2.52. The Bertz CT molecular complexity index is 664. The van der Waals surface area contributed by atoms with Crippen molar-refractivity contribution in [3.05, 3.63) is 12.3 Å². The fourth-order valence-corrected chi connectivity index (χ4v) is 3.60. The molecule has 3 heterocycles. The van der Waals surface area contributed by atoms with Gasteiger partial charge in [0.05, 0.1) is 12.9 Å². The molecule has 3 aliphatic rings. The Morgan fingerprint density at radius 2 is 2.12 bits per heavy atom. The number of amides is 2.